The van der Waals surface area contributed by atoms with Crippen LogP contribution in [0.3, 0.4) is 0 Å². The van der Waals surface area contributed by atoms with Crippen LogP contribution in [0.5, 0.6) is 0 Å². The van der Waals surface area contributed by atoms with Crippen LogP contribution in [-0.2, 0) is 10.0 Å². The Hall–Kier alpha value is -0.390. The van der Waals surface area contributed by atoms with Crippen LogP contribution >= 0.6 is 0 Å². The molecule has 0 radical (unpaired) electrons. The lowest BCUT2D eigenvalue weighted by Gasteiger charge is -2.19. The quantitative estimate of drug-likeness (QED) is 0.475. The molecule has 0 unspecified atom stereocenters. The minimum atomic E-state index is -3.12. The van der Waals surface area contributed by atoms with E-state index in [2.05, 4.69) is 11.9 Å². The van der Waals surface area contributed by atoms with Gasteiger partial charge in [-0.15, -0.1) is 6.58 Å². The first-order valence-corrected chi connectivity index (χ1v) is 6.98. The first-order chi connectivity index (χ1) is 7.08. The Morgan fingerprint density at radius 2 is 2.07 bits per heavy atom. The third-order valence-electron chi connectivity index (χ3n) is 1.99. The molecule has 0 heterocycles. The van der Waals surface area contributed by atoms with Crippen molar-refractivity contribution < 1.29 is 8.42 Å². The minimum Gasteiger partial charge on any atom is -0.316 e. The zero-order valence-corrected chi connectivity index (χ0v) is 10.5. The lowest BCUT2D eigenvalue weighted by Crippen LogP contribution is -2.37. The average Bonchev–Trinajstić information content (AvgIpc) is 2.18. The summed E-state index contributed by atoms with van der Waals surface area (Å²) in [5, 5.41) is 3.01. The van der Waals surface area contributed by atoms with Gasteiger partial charge in [-0.2, -0.15) is 4.31 Å². The summed E-state index contributed by atoms with van der Waals surface area (Å²) in [6.07, 6.45) is 2.45. The third-order valence-corrected chi connectivity index (χ3v) is 3.82. The van der Waals surface area contributed by atoms with E-state index in [0.29, 0.717) is 19.6 Å². The van der Waals surface area contributed by atoms with E-state index in [9.17, 15) is 8.42 Å². The molecule has 0 bridgehead atoms. The van der Waals surface area contributed by atoms with Gasteiger partial charge in [0.15, 0.2) is 0 Å². The molecule has 0 aromatic heterocycles. The molecule has 5 heteroatoms. The number of hydrogen-bond donors (Lipinski definition) is 1. The topological polar surface area (TPSA) is 49.4 Å². The van der Waals surface area contributed by atoms with Crippen LogP contribution in [0.4, 0.5) is 0 Å². The van der Waals surface area contributed by atoms with Crippen molar-refractivity contribution in [2.45, 2.75) is 20.3 Å². The molecule has 0 amide bonds. The van der Waals surface area contributed by atoms with Crippen LogP contribution in [0.15, 0.2) is 12.7 Å². The highest BCUT2D eigenvalue weighted by Crippen LogP contribution is 2.02. The predicted octanol–water partition coefficient (Wildman–Crippen LogP) is 0.824. The molecule has 0 spiro atoms. The molecule has 15 heavy (non-hydrogen) atoms. The van der Waals surface area contributed by atoms with Gasteiger partial charge < -0.3 is 5.32 Å². The summed E-state index contributed by atoms with van der Waals surface area (Å²) in [5.74, 6) is 0.161. The SMILES string of the molecule is C=CCN(CCC)S(=O)(=O)CCNCC. The van der Waals surface area contributed by atoms with Gasteiger partial charge in [0.25, 0.3) is 0 Å². The second kappa shape index (κ2) is 7.84. The average molecular weight is 234 g/mol. The zero-order valence-electron chi connectivity index (χ0n) is 9.70. The van der Waals surface area contributed by atoms with E-state index in [1.807, 2.05) is 13.8 Å². The van der Waals surface area contributed by atoms with Gasteiger partial charge in [0, 0.05) is 19.6 Å². The first-order valence-electron chi connectivity index (χ1n) is 5.37. The zero-order chi connectivity index (χ0) is 11.7. The van der Waals surface area contributed by atoms with Crippen LogP contribution in [0.25, 0.3) is 0 Å². The highest BCUT2D eigenvalue weighted by atomic mass is 32.2. The summed E-state index contributed by atoms with van der Waals surface area (Å²) >= 11 is 0. The maximum absolute atomic E-state index is 11.8. The van der Waals surface area contributed by atoms with E-state index in [1.54, 1.807) is 6.08 Å². The third kappa shape index (κ3) is 5.92. The van der Waals surface area contributed by atoms with Crippen molar-refractivity contribution >= 4 is 10.0 Å². The highest BCUT2D eigenvalue weighted by molar-refractivity contribution is 7.89. The fraction of sp³-hybridized carbons (Fsp3) is 0.800. The summed E-state index contributed by atoms with van der Waals surface area (Å²) < 4.78 is 25.1. The van der Waals surface area contributed by atoms with Crippen LogP contribution in [-0.4, -0.2) is 44.7 Å². The fourth-order valence-electron chi connectivity index (χ4n) is 1.24. The molecule has 0 aromatic rings. The van der Waals surface area contributed by atoms with Gasteiger partial charge in [0.2, 0.25) is 10.0 Å². The molecule has 0 aliphatic heterocycles. The molecule has 0 aliphatic rings. The van der Waals surface area contributed by atoms with E-state index in [4.69, 9.17) is 0 Å². The fourth-order valence-corrected chi connectivity index (χ4v) is 2.70. The Labute approximate surface area is 93.4 Å². The van der Waals surface area contributed by atoms with Gasteiger partial charge in [-0.25, -0.2) is 8.42 Å². The molecule has 0 rings (SSSR count). The molecule has 0 aromatic carbocycles. The van der Waals surface area contributed by atoms with Gasteiger partial charge in [-0.3, -0.25) is 0 Å². The minimum absolute atomic E-state index is 0.161. The molecular weight excluding hydrogens is 212 g/mol. The summed E-state index contributed by atoms with van der Waals surface area (Å²) in [6.45, 7) is 9.78. The number of hydrogen-bond acceptors (Lipinski definition) is 3. The summed E-state index contributed by atoms with van der Waals surface area (Å²) in [6, 6.07) is 0. The van der Waals surface area contributed by atoms with E-state index in [-0.39, 0.29) is 5.75 Å². The largest absolute Gasteiger partial charge is 0.316 e. The highest BCUT2D eigenvalue weighted by Gasteiger charge is 2.18. The summed E-state index contributed by atoms with van der Waals surface area (Å²) in [5.41, 5.74) is 0. The lowest BCUT2D eigenvalue weighted by atomic mass is 10.5. The monoisotopic (exact) mass is 234 g/mol. The van der Waals surface area contributed by atoms with Gasteiger partial charge in [-0.05, 0) is 13.0 Å². The Bertz CT molecular complexity index is 263. The second-order valence-electron chi connectivity index (χ2n) is 3.32. The van der Waals surface area contributed by atoms with Crippen LogP contribution in [0, 0.1) is 0 Å². The van der Waals surface area contributed by atoms with E-state index in [0.717, 1.165) is 13.0 Å². The summed E-state index contributed by atoms with van der Waals surface area (Å²) in [7, 11) is -3.12. The maximum Gasteiger partial charge on any atom is 0.215 e. The Balaban J connectivity index is 4.28. The molecule has 90 valence electrons. The van der Waals surface area contributed by atoms with E-state index < -0.39 is 10.0 Å². The number of sulfonamides is 1. The summed E-state index contributed by atoms with van der Waals surface area (Å²) in [4.78, 5) is 0. The second-order valence-corrected chi connectivity index (χ2v) is 5.40. The molecule has 0 saturated heterocycles. The Morgan fingerprint density at radius 3 is 2.53 bits per heavy atom. The van der Waals surface area contributed by atoms with Crippen molar-refractivity contribution in [3.63, 3.8) is 0 Å². The molecule has 0 saturated carbocycles. The standard InChI is InChI=1S/C10H22N2O2S/c1-4-8-12(9-5-2)15(13,14)10-7-11-6-3/h4,11H,1,5-10H2,2-3H3. The lowest BCUT2D eigenvalue weighted by molar-refractivity contribution is 0.440. The first kappa shape index (κ1) is 14.6. The smallest absolute Gasteiger partial charge is 0.215 e. The van der Waals surface area contributed by atoms with Gasteiger partial charge >= 0.3 is 0 Å². The predicted molar refractivity (Wildman–Crippen MR) is 64.4 cm³/mol. The van der Waals surface area contributed by atoms with Crippen molar-refractivity contribution in [3.8, 4) is 0 Å². The van der Waals surface area contributed by atoms with E-state index in [1.165, 1.54) is 4.31 Å². The van der Waals surface area contributed by atoms with Crippen molar-refractivity contribution in [1.82, 2.24) is 9.62 Å². The van der Waals surface area contributed by atoms with Crippen molar-refractivity contribution in [2.24, 2.45) is 0 Å². The van der Waals surface area contributed by atoms with Gasteiger partial charge in [0.05, 0.1) is 5.75 Å². The normalized spacial score (nSPS) is 11.9. The van der Waals surface area contributed by atoms with Gasteiger partial charge in [-0.1, -0.05) is 19.9 Å². The number of nitrogens with zero attached hydrogens (tertiary/aromatic N) is 1. The van der Waals surface area contributed by atoms with Gasteiger partial charge in [0.1, 0.15) is 0 Å². The maximum atomic E-state index is 11.8. The molecule has 1 N–H and O–H groups in total. The van der Waals surface area contributed by atoms with Crippen molar-refractivity contribution in [3.05, 3.63) is 12.7 Å². The van der Waals surface area contributed by atoms with Crippen LogP contribution in [0.1, 0.15) is 20.3 Å². The van der Waals surface area contributed by atoms with Crippen LogP contribution in [0.2, 0.25) is 0 Å². The molecular formula is C10H22N2O2S. The van der Waals surface area contributed by atoms with E-state index >= 15 is 0 Å². The number of nitrogens with one attached hydrogen (secondary N) is 1. The molecule has 0 atom stereocenters. The Morgan fingerprint density at radius 1 is 1.40 bits per heavy atom. The Kier molecular flexibility index (Phi) is 7.64. The van der Waals surface area contributed by atoms with Crippen molar-refractivity contribution in [2.75, 3.05) is 31.9 Å². The van der Waals surface area contributed by atoms with Crippen LogP contribution < -0.4 is 5.32 Å². The number of rotatable bonds is 9. The van der Waals surface area contributed by atoms with Crippen molar-refractivity contribution in [1.29, 1.82) is 0 Å². The molecule has 0 aliphatic carbocycles. The molecule has 4 nitrogen and oxygen atoms in total. The molecule has 0 fully saturated rings.